The van der Waals surface area contributed by atoms with Gasteiger partial charge in [0.2, 0.25) is 0 Å². The molecule has 19 heteroatoms. The smallest absolute Gasteiger partial charge is 0.239 e. The minimum atomic E-state index is -5.51. The fourth-order valence-corrected chi connectivity index (χ4v) is 3.93. The van der Waals surface area contributed by atoms with E-state index in [2.05, 4.69) is 9.97 Å². The molecule has 0 aliphatic rings. The lowest BCUT2D eigenvalue weighted by Gasteiger charge is -2.14. The predicted molar refractivity (Wildman–Crippen MR) is 125 cm³/mol. The van der Waals surface area contributed by atoms with Crippen LogP contribution < -0.4 is 10.4 Å². The Morgan fingerprint density at radius 1 is 0.478 bits per heavy atom. The first-order chi connectivity index (χ1) is 21.1. The van der Waals surface area contributed by atoms with E-state index in [0.29, 0.717) is 6.07 Å². The highest BCUT2D eigenvalue weighted by Crippen LogP contribution is 2.36. The van der Waals surface area contributed by atoms with Gasteiger partial charge in [-0.2, -0.15) is 79.0 Å². The number of halogens is 12. The van der Waals surface area contributed by atoms with Gasteiger partial charge in [-0.25, -0.2) is 9.97 Å². The van der Waals surface area contributed by atoms with Crippen LogP contribution in [0, 0.1) is 56.7 Å². The number of nitrogens with zero attached hydrogens (tertiary/aromatic N) is 7. The van der Waals surface area contributed by atoms with Gasteiger partial charge in [0.05, 0.1) is 33.9 Å². The van der Waals surface area contributed by atoms with Crippen molar-refractivity contribution in [3.63, 3.8) is 0 Å². The van der Waals surface area contributed by atoms with Gasteiger partial charge in [-0.05, 0) is 41.5 Å². The molecule has 0 saturated heterocycles. The van der Waals surface area contributed by atoms with Crippen LogP contribution in [0.5, 0.6) is 0 Å². The van der Waals surface area contributed by atoms with E-state index in [1.165, 1.54) is 30.3 Å². The van der Waals surface area contributed by atoms with Crippen LogP contribution in [-0.2, 0) is 24.7 Å². The van der Waals surface area contributed by atoms with Crippen LogP contribution in [0.3, 0.4) is 0 Å². The number of hydrogen-bond donors (Lipinski definition) is 0. The minimum absolute atomic E-state index is 0.0118. The summed E-state index contributed by atoms with van der Waals surface area (Å²) in [5.74, 6) is 0. The molecular weight excluding hydrogens is 650 g/mol. The van der Waals surface area contributed by atoms with Crippen LogP contribution in [0.25, 0.3) is 11.1 Å². The molecule has 7 nitrogen and oxygen atoms in total. The fourth-order valence-electron chi connectivity index (χ4n) is 3.93. The summed E-state index contributed by atoms with van der Waals surface area (Å²) < 4.78 is 161. The molecule has 0 N–H and O–H groups in total. The molecule has 0 unspecified atom stereocenters. The molecule has 1 aromatic carbocycles. The van der Waals surface area contributed by atoms with Crippen molar-refractivity contribution in [1.82, 2.24) is 9.97 Å². The zero-order valence-corrected chi connectivity index (χ0v) is 21.6. The first-order valence-corrected chi connectivity index (χ1v) is 11.4. The zero-order chi connectivity index (χ0) is 35.0. The second kappa shape index (κ2) is 11.8. The number of benzene rings is 1. The number of rotatable bonds is 2. The summed E-state index contributed by atoms with van der Waals surface area (Å²) in [4.78, 5) is 4.96. The molecule has 0 aliphatic heterocycles. The summed E-state index contributed by atoms with van der Waals surface area (Å²) in [6, 6.07) is 6.86. The third-order valence-electron chi connectivity index (χ3n) is 5.80. The molecule has 3 aromatic rings. The predicted octanol–water partition coefficient (Wildman–Crippen LogP) is 5.61. The average molecular weight is 655 g/mol. The maximum absolute atomic E-state index is 13.4. The van der Waals surface area contributed by atoms with E-state index in [1.807, 2.05) is 0 Å². The van der Waals surface area contributed by atoms with Crippen molar-refractivity contribution < 1.29 is 52.7 Å². The number of pyridine rings is 2. The lowest BCUT2D eigenvalue weighted by Crippen LogP contribution is -2.27. The van der Waals surface area contributed by atoms with Crippen LogP contribution in [0.15, 0.2) is 30.3 Å². The lowest BCUT2D eigenvalue weighted by atomic mass is 9.91. The van der Waals surface area contributed by atoms with E-state index in [1.54, 1.807) is 0 Å². The van der Waals surface area contributed by atoms with Crippen molar-refractivity contribution in [3.8, 4) is 30.3 Å². The van der Waals surface area contributed by atoms with Gasteiger partial charge in [0.1, 0.15) is 47.1 Å². The van der Waals surface area contributed by atoms with Gasteiger partial charge in [-0.15, -0.1) is 0 Å². The van der Waals surface area contributed by atoms with Crippen molar-refractivity contribution in [2.75, 3.05) is 0 Å². The Balaban J connectivity index is 2.69. The molecule has 0 spiro atoms. The van der Waals surface area contributed by atoms with E-state index in [0.717, 1.165) is 0 Å². The molecule has 46 heavy (non-hydrogen) atoms. The Hall–Kier alpha value is -6.13. The lowest BCUT2D eigenvalue weighted by molar-refractivity contribution is -0.151. The van der Waals surface area contributed by atoms with Crippen LogP contribution in [0.4, 0.5) is 52.7 Å². The molecule has 0 fully saturated rings. The summed E-state index contributed by atoms with van der Waals surface area (Å²) in [7, 11) is 0. The molecule has 0 radical (unpaired) electrons. The molecule has 0 bridgehead atoms. The molecule has 0 aliphatic carbocycles. The molecular formula is C27H5F12N7. The van der Waals surface area contributed by atoms with E-state index in [9.17, 15) is 79.0 Å². The van der Waals surface area contributed by atoms with E-state index < -0.39 is 96.9 Å². The maximum Gasteiger partial charge on any atom is 0.433 e. The Bertz CT molecular complexity index is 2040. The molecule has 0 atom stereocenters. The van der Waals surface area contributed by atoms with Crippen LogP contribution in [-0.4, -0.2) is 9.97 Å². The molecule has 2 aromatic heterocycles. The standard InChI is InChI=1S/C27H5F12N7/c28-24(29,30)19-2-11(3-20(45-19)25(31,32)33)15(7-41)14-1-13(6-40)23(18(10-44)17(14)9-43)16(8-42)12-4-21(26(34,35)36)46-22(5-12)27(37,38)39/h1-5H/b15-14+,23-16-. The highest BCUT2D eigenvalue weighted by atomic mass is 19.4. The average Bonchev–Trinajstić information content (AvgIpc) is 2.95. The third-order valence-corrected chi connectivity index (χ3v) is 5.80. The monoisotopic (exact) mass is 655 g/mol. The first kappa shape index (κ1) is 34.4. The van der Waals surface area contributed by atoms with Gasteiger partial charge >= 0.3 is 24.7 Å². The third kappa shape index (κ3) is 6.67. The SMILES string of the molecule is N#C/C(c1cc(C(F)(F)F)nc(C(F)(F)F)c1)=c1/cc(C#N)/c(=C(\C#N)c2cc(C(F)(F)F)nc(C(F)(F)F)c2)c(C#N)c1C#N. The molecule has 232 valence electrons. The normalized spacial score (nSPS) is 13.4. The summed E-state index contributed by atoms with van der Waals surface area (Å²) in [5.41, 5.74) is -16.5. The summed E-state index contributed by atoms with van der Waals surface area (Å²) in [6.45, 7) is 0. The van der Waals surface area contributed by atoms with Crippen molar-refractivity contribution in [3.05, 3.63) is 91.4 Å². The van der Waals surface area contributed by atoms with Crippen LogP contribution in [0.2, 0.25) is 0 Å². The Labute approximate surface area is 247 Å². The first-order valence-electron chi connectivity index (χ1n) is 11.4. The summed E-state index contributed by atoms with van der Waals surface area (Å²) in [5, 5.41) is 47.0. The van der Waals surface area contributed by atoms with E-state index in [-0.39, 0.29) is 24.3 Å². The number of aromatic nitrogens is 2. The van der Waals surface area contributed by atoms with Crippen molar-refractivity contribution in [2.24, 2.45) is 0 Å². The molecule has 0 saturated carbocycles. The van der Waals surface area contributed by atoms with Gasteiger partial charge in [-0.3, -0.25) is 0 Å². The number of nitriles is 5. The fraction of sp³-hybridized carbons (Fsp3) is 0.148. The molecule has 3 rings (SSSR count). The van der Waals surface area contributed by atoms with Gasteiger partial charge < -0.3 is 0 Å². The number of hydrogen-bond acceptors (Lipinski definition) is 7. The largest absolute Gasteiger partial charge is 0.433 e. The Morgan fingerprint density at radius 2 is 0.826 bits per heavy atom. The summed E-state index contributed by atoms with van der Waals surface area (Å²) >= 11 is 0. The highest BCUT2D eigenvalue weighted by molar-refractivity contribution is 5.82. The Kier molecular flexibility index (Phi) is 8.78. The van der Waals surface area contributed by atoms with Gasteiger partial charge in [0.15, 0.2) is 0 Å². The molecule has 0 amide bonds. The van der Waals surface area contributed by atoms with Crippen molar-refractivity contribution >= 4 is 11.1 Å². The van der Waals surface area contributed by atoms with Gasteiger partial charge in [-0.1, -0.05) is 0 Å². The van der Waals surface area contributed by atoms with Crippen molar-refractivity contribution in [1.29, 1.82) is 26.3 Å². The zero-order valence-electron chi connectivity index (χ0n) is 21.6. The van der Waals surface area contributed by atoms with Gasteiger partial charge in [0, 0.05) is 10.4 Å². The van der Waals surface area contributed by atoms with Crippen LogP contribution in [0.1, 0.15) is 50.6 Å². The minimum Gasteiger partial charge on any atom is -0.239 e. The van der Waals surface area contributed by atoms with Gasteiger partial charge in [0.25, 0.3) is 0 Å². The quantitative estimate of drug-likeness (QED) is 0.326. The number of alkyl halides is 12. The second-order valence-electron chi connectivity index (χ2n) is 8.65. The molecule has 2 heterocycles. The van der Waals surface area contributed by atoms with Crippen LogP contribution >= 0.6 is 0 Å². The van der Waals surface area contributed by atoms with E-state index >= 15 is 0 Å². The van der Waals surface area contributed by atoms with E-state index in [4.69, 9.17) is 0 Å². The second-order valence-corrected chi connectivity index (χ2v) is 8.65. The topological polar surface area (TPSA) is 145 Å². The summed E-state index contributed by atoms with van der Waals surface area (Å²) in [6.07, 6.45) is -22.0. The highest BCUT2D eigenvalue weighted by Gasteiger charge is 2.40. The maximum atomic E-state index is 13.4. The Morgan fingerprint density at radius 3 is 1.11 bits per heavy atom. The van der Waals surface area contributed by atoms with Crippen molar-refractivity contribution in [2.45, 2.75) is 24.7 Å².